The van der Waals surface area contributed by atoms with Gasteiger partial charge in [0.15, 0.2) is 11.5 Å². The van der Waals surface area contributed by atoms with Gasteiger partial charge in [0.1, 0.15) is 5.82 Å². The van der Waals surface area contributed by atoms with Gasteiger partial charge in [0.25, 0.3) is 5.56 Å². The zero-order valence-corrected chi connectivity index (χ0v) is 17.1. The molecule has 1 aromatic heterocycles. The van der Waals surface area contributed by atoms with Crippen LogP contribution in [-0.4, -0.2) is 16.3 Å². The molecule has 6 rings (SSSR count). The van der Waals surface area contributed by atoms with Crippen LogP contribution in [0.25, 0.3) is 39.5 Å². The fourth-order valence-corrected chi connectivity index (χ4v) is 4.01. The van der Waals surface area contributed by atoms with E-state index in [1.807, 2.05) is 91.0 Å². The van der Waals surface area contributed by atoms with Crippen LogP contribution in [0.1, 0.15) is 11.4 Å². The number of para-hydroxylation sites is 1. The van der Waals surface area contributed by atoms with Crippen LogP contribution in [0, 0.1) is 0 Å². The molecule has 0 fully saturated rings. The molecule has 0 spiro atoms. The summed E-state index contributed by atoms with van der Waals surface area (Å²) < 4.78 is 12.5. The number of nitrogens with zero attached hydrogens (tertiary/aromatic N) is 2. The SMILES string of the molecule is O=c1c2ccccc2nc(/C=C/c2ccc3c(c2)OCO3)n1-c1ccc2ccccc2c1. The van der Waals surface area contributed by atoms with Gasteiger partial charge in [-0.1, -0.05) is 54.6 Å². The summed E-state index contributed by atoms with van der Waals surface area (Å²) in [6.07, 6.45) is 3.79. The van der Waals surface area contributed by atoms with Crippen molar-refractivity contribution < 1.29 is 9.47 Å². The summed E-state index contributed by atoms with van der Waals surface area (Å²) in [6.45, 7) is 0.232. The van der Waals surface area contributed by atoms with Gasteiger partial charge in [-0.25, -0.2) is 4.98 Å². The maximum absolute atomic E-state index is 13.5. The number of ether oxygens (including phenoxy) is 2. The molecule has 0 amide bonds. The zero-order chi connectivity index (χ0) is 21.5. The molecular formula is C27H18N2O3. The second-order valence-corrected chi connectivity index (χ2v) is 7.61. The van der Waals surface area contributed by atoms with Crippen molar-refractivity contribution in [1.82, 2.24) is 9.55 Å². The van der Waals surface area contributed by atoms with Crippen molar-refractivity contribution in [2.24, 2.45) is 0 Å². The first-order chi connectivity index (χ1) is 15.8. The second kappa shape index (κ2) is 7.39. The van der Waals surface area contributed by atoms with Gasteiger partial charge in [-0.05, 0) is 58.8 Å². The number of rotatable bonds is 3. The summed E-state index contributed by atoms with van der Waals surface area (Å²) in [7, 11) is 0. The molecule has 0 bridgehead atoms. The molecule has 0 radical (unpaired) electrons. The molecular weight excluding hydrogens is 400 g/mol. The third-order valence-corrected chi connectivity index (χ3v) is 5.61. The Bertz CT molecular complexity index is 1580. The molecule has 5 aromatic rings. The highest BCUT2D eigenvalue weighted by atomic mass is 16.7. The van der Waals surface area contributed by atoms with Crippen molar-refractivity contribution in [1.29, 1.82) is 0 Å². The number of hydrogen-bond acceptors (Lipinski definition) is 4. The van der Waals surface area contributed by atoms with Crippen LogP contribution in [0.5, 0.6) is 11.5 Å². The van der Waals surface area contributed by atoms with Crippen molar-refractivity contribution in [3.63, 3.8) is 0 Å². The average Bonchev–Trinajstić information content (AvgIpc) is 3.30. The normalized spacial score (nSPS) is 12.8. The fraction of sp³-hybridized carbons (Fsp3) is 0.0370. The molecule has 4 aromatic carbocycles. The maximum atomic E-state index is 13.5. The summed E-state index contributed by atoms with van der Waals surface area (Å²) in [5.41, 5.74) is 2.27. The van der Waals surface area contributed by atoms with Crippen LogP contribution >= 0.6 is 0 Å². The smallest absolute Gasteiger partial charge is 0.266 e. The lowest BCUT2D eigenvalue weighted by molar-refractivity contribution is 0.174. The van der Waals surface area contributed by atoms with Crippen molar-refractivity contribution in [3.05, 3.63) is 107 Å². The van der Waals surface area contributed by atoms with Crippen molar-refractivity contribution in [2.75, 3.05) is 6.79 Å². The Labute approximate surface area is 183 Å². The van der Waals surface area contributed by atoms with Crippen LogP contribution in [0.4, 0.5) is 0 Å². The van der Waals surface area contributed by atoms with Gasteiger partial charge in [-0.15, -0.1) is 0 Å². The highest BCUT2D eigenvalue weighted by molar-refractivity contribution is 5.85. The molecule has 0 saturated heterocycles. The van der Waals surface area contributed by atoms with E-state index in [4.69, 9.17) is 14.5 Å². The standard InChI is InChI=1S/C27H18N2O3/c30-27-22-7-3-4-8-23(22)28-26(14-10-18-9-13-24-25(15-18)32-17-31-24)29(27)21-12-11-19-5-1-2-6-20(19)16-21/h1-16H,17H2/b14-10+. The molecule has 0 N–H and O–H groups in total. The van der Waals surface area contributed by atoms with Gasteiger partial charge in [0.05, 0.1) is 16.6 Å². The van der Waals surface area contributed by atoms with Crippen LogP contribution < -0.4 is 15.0 Å². The minimum Gasteiger partial charge on any atom is -0.454 e. The lowest BCUT2D eigenvalue weighted by Gasteiger charge is -2.12. The highest BCUT2D eigenvalue weighted by Gasteiger charge is 2.14. The Morgan fingerprint density at radius 3 is 2.53 bits per heavy atom. The predicted molar refractivity (Wildman–Crippen MR) is 126 cm³/mol. The average molecular weight is 418 g/mol. The first-order valence-electron chi connectivity index (χ1n) is 10.3. The van der Waals surface area contributed by atoms with Crippen molar-refractivity contribution in [2.45, 2.75) is 0 Å². The molecule has 5 heteroatoms. The van der Waals surface area contributed by atoms with E-state index in [9.17, 15) is 4.79 Å². The molecule has 1 aliphatic rings. The summed E-state index contributed by atoms with van der Waals surface area (Å²) in [4.78, 5) is 18.3. The van der Waals surface area contributed by atoms with E-state index in [0.29, 0.717) is 22.5 Å². The molecule has 0 saturated carbocycles. The lowest BCUT2D eigenvalue weighted by Crippen LogP contribution is -2.22. The molecule has 32 heavy (non-hydrogen) atoms. The molecule has 154 valence electrons. The van der Waals surface area contributed by atoms with Crippen molar-refractivity contribution in [3.8, 4) is 17.2 Å². The summed E-state index contributed by atoms with van der Waals surface area (Å²) >= 11 is 0. The van der Waals surface area contributed by atoms with Gasteiger partial charge in [-0.3, -0.25) is 9.36 Å². The zero-order valence-electron chi connectivity index (χ0n) is 17.1. The number of benzene rings is 4. The van der Waals surface area contributed by atoms with Gasteiger partial charge in [0, 0.05) is 0 Å². The Morgan fingerprint density at radius 1 is 0.781 bits per heavy atom. The third kappa shape index (κ3) is 3.11. The molecule has 1 aliphatic heterocycles. The van der Waals surface area contributed by atoms with E-state index >= 15 is 0 Å². The Hall–Kier alpha value is -4.38. The lowest BCUT2D eigenvalue weighted by atomic mass is 10.1. The fourth-order valence-electron chi connectivity index (χ4n) is 4.01. The van der Waals surface area contributed by atoms with Crippen LogP contribution in [0.3, 0.4) is 0 Å². The van der Waals surface area contributed by atoms with Crippen molar-refractivity contribution >= 4 is 33.8 Å². The summed E-state index contributed by atoms with van der Waals surface area (Å²) in [6, 6.07) is 27.3. The highest BCUT2D eigenvalue weighted by Crippen LogP contribution is 2.33. The minimum absolute atomic E-state index is 0.101. The van der Waals surface area contributed by atoms with Crippen LogP contribution in [0.15, 0.2) is 89.7 Å². The maximum Gasteiger partial charge on any atom is 0.266 e. The van der Waals surface area contributed by atoms with Gasteiger partial charge >= 0.3 is 0 Å². The quantitative estimate of drug-likeness (QED) is 0.392. The number of hydrogen-bond donors (Lipinski definition) is 0. The van der Waals surface area contributed by atoms with Gasteiger partial charge in [-0.2, -0.15) is 0 Å². The molecule has 0 unspecified atom stereocenters. The number of aromatic nitrogens is 2. The van der Waals surface area contributed by atoms with Crippen LogP contribution in [0.2, 0.25) is 0 Å². The van der Waals surface area contributed by atoms with Crippen LogP contribution in [-0.2, 0) is 0 Å². The van der Waals surface area contributed by atoms with E-state index < -0.39 is 0 Å². The molecule has 5 nitrogen and oxygen atoms in total. The van der Waals surface area contributed by atoms with E-state index in [2.05, 4.69) is 6.07 Å². The predicted octanol–water partition coefficient (Wildman–Crippen LogP) is 5.44. The van der Waals surface area contributed by atoms with Gasteiger partial charge in [0.2, 0.25) is 6.79 Å². The topological polar surface area (TPSA) is 53.4 Å². The van der Waals surface area contributed by atoms with E-state index in [0.717, 1.165) is 27.8 Å². The summed E-state index contributed by atoms with van der Waals surface area (Å²) in [5.74, 6) is 2.01. The Balaban J connectivity index is 1.54. The number of fused-ring (bicyclic) bond motifs is 3. The largest absolute Gasteiger partial charge is 0.454 e. The third-order valence-electron chi connectivity index (χ3n) is 5.61. The first kappa shape index (κ1) is 18.4. The van der Waals surface area contributed by atoms with E-state index in [-0.39, 0.29) is 12.4 Å². The second-order valence-electron chi connectivity index (χ2n) is 7.61. The Morgan fingerprint density at radius 2 is 1.59 bits per heavy atom. The molecule has 0 atom stereocenters. The summed E-state index contributed by atoms with van der Waals surface area (Å²) in [5, 5.41) is 2.77. The first-order valence-corrected chi connectivity index (χ1v) is 10.3. The van der Waals surface area contributed by atoms with E-state index in [1.54, 1.807) is 4.57 Å². The Kier molecular flexibility index (Phi) is 4.25. The minimum atomic E-state index is -0.101. The van der Waals surface area contributed by atoms with Gasteiger partial charge < -0.3 is 9.47 Å². The monoisotopic (exact) mass is 418 g/mol. The van der Waals surface area contributed by atoms with E-state index in [1.165, 1.54) is 0 Å². The molecule has 2 heterocycles. The molecule has 0 aliphatic carbocycles.